The number of nitrogens with zero attached hydrogens (tertiary/aromatic N) is 1. The maximum atomic E-state index is 13.6. The predicted octanol–water partition coefficient (Wildman–Crippen LogP) is 2.36. The van der Waals surface area contributed by atoms with Crippen LogP contribution in [0.1, 0.15) is 16.1 Å². The summed E-state index contributed by atoms with van der Waals surface area (Å²) >= 11 is 0. The van der Waals surface area contributed by atoms with Gasteiger partial charge in [-0.25, -0.2) is 13.6 Å². The van der Waals surface area contributed by atoms with Crippen LogP contribution in [0.15, 0.2) is 18.2 Å². The standard InChI is InChI=1S/C11H8F2N2O2/c1-5-2-3-6(10(13)9(5)12)7-4-8(11(16)17)15-14-7/h2-4H,1H3,(H,14,15)(H,16,17). The number of hydrogen-bond donors (Lipinski definition) is 2. The first-order chi connectivity index (χ1) is 8.00. The Balaban J connectivity index is 2.53. The summed E-state index contributed by atoms with van der Waals surface area (Å²) in [5, 5.41) is 14.5. The Morgan fingerprint density at radius 3 is 2.65 bits per heavy atom. The Morgan fingerprint density at radius 2 is 2.06 bits per heavy atom. The van der Waals surface area contributed by atoms with Crippen molar-refractivity contribution in [2.24, 2.45) is 0 Å². The normalized spacial score (nSPS) is 10.5. The maximum Gasteiger partial charge on any atom is 0.353 e. The molecule has 0 aliphatic rings. The second kappa shape index (κ2) is 3.97. The first kappa shape index (κ1) is 11.3. The first-order valence-corrected chi connectivity index (χ1v) is 4.74. The lowest BCUT2D eigenvalue weighted by atomic mass is 10.1. The van der Waals surface area contributed by atoms with E-state index in [1.807, 2.05) is 0 Å². The van der Waals surface area contributed by atoms with Gasteiger partial charge in [-0.05, 0) is 24.6 Å². The molecule has 0 saturated heterocycles. The number of aryl methyl sites for hydroxylation is 1. The van der Waals surface area contributed by atoms with Crippen molar-refractivity contribution in [2.75, 3.05) is 0 Å². The van der Waals surface area contributed by atoms with Crippen LogP contribution in [0.4, 0.5) is 8.78 Å². The van der Waals surface area contributed by atoms with E-state index in [0.717, 1.165) is 6.07 Å². The molecule has 0 atom stereocenters. The Kier molecular flexibility index (Phi) is 2.63. The highest BCUT2D eigenvalue weighted by Gasteiger charge is 2.16. The van der Waals surface area contributed by atoms with E-state index in [9.17, 15) is 13.6 Å². The lowest BCUT2D eigenvalue weighted by Gasteiger charge is -2.02. The number of carboxylic acid groups (broad SMARTS) is 1. The Hall–Kier alpha value is -2.24. The molecule has 88 valence electrons. The van der Waals surface area contributed by atoms with Gasteiger partial charge in [0, 0.05) is 5.56 Å². The van der Waals surface area contributed by atoms with Gasteiger partial charge in [-0.2, -0.15) is 5.10 Å². The topological polar surface area (TPSA) is 66.0 Å². The fraction of sp³-hybridized carbons (Fsp3) is 0.0909. The Bertz CT molecular complexity index is 593. The minimum absolute atomic E-state index is 0.0544. The number of carbonyl (C=O) groups is 1. The molecule has 0 aliphatic carbocycles. The van der Waals surface area contributed by atoms with Gasteiger partial charge < -0.3 is 5.11 Å². The lowest BCUT2D eigenvalue weighted by molar-refractivity contribution is 0.0690. The van der Waals surface area contributed by atoms with Crippen LogP contribution < -0.4 is 0 Å². The third kappa shape index (κ3) is 1.89. The zero-order valence-corrected chi connectivity index (χ0v) is 8.79. The summed E-state index contributed by atoms with van der Waals surface area (Å²) in [4.78, 5) is 10.6. The smallest absolute Gasteiger partial charge is 0.353 e. The molecule has 4 nitrogen and oxygen atoms in total. The van der Waals surface area contributed by atoms with Gasteiger partial charge in [-0.1, -0.05) is 6.07 Å². The summed E-state index contributed by atoms with van der Waals surface area (Å²) in [5.41, 5.74) is -0.0173. The van der Waals surface area contributed by atoms with Crippen molar-refractivity contribution in [3.63, 3.8) is 0 Å². The molecule has 0 spiro atoms. The van der Waals surface area contributed by atoms with Crippen LogP contribution in [0.3, 0.4) is 0 Å². The van der Waals surface area contributed by atoms with Gasteiger partial charge in [0.25, 0.3) is 0 Å². The molecular formula is C11H8F2N2O2. The molecule has 0 fully saturated rings. The van der Waals surface area contributed by atoms with E-state index in [-0.39, 0.29) is 22.5 Å². The van der Waals surface area contributed by atoms with Crippen LogP contribution in [-0.2, 0) is 0 Å². The molecule has 2 rings (SSSR count). The molecule has 1 heterocycles. The van der Waals surface area contributed by atoms with E-state index >= 15 is 0 Å². The summed E-state index contributed by atoms with van der Waals surface area (Å²) in [6.07, 6.45) is 0. The average molecular weight is 238 g/mol. The number of aromatic carboxylic acids is 1. The Labute approximate surface area is 94.9 Å². The van der Waals surface area contributed by atoms with Gasteiger partial charge in [0.1, 0.15) is 5.69 Å². The minimum atomic E-state index is -1.21. The van der Waals surface area contributed by atoms with Crippen molar-refractivity contribution in [1.82, 2.24) is 10.2 Å². The Morgan fingerprint density at radius 1 is 1.35 bits per heavy atom. The van der Waals surface area contributed by atoms with E-state index in [1.165, 1.54) is 19.1 Å². The maximum absolute atomic E-state index is 13.6. The lowest BCUT2D eigenvalue weighted by Crippen LogP contribution is -1.95. The van der Waals surface area contributed by atoms with E-state index < -0.39 is 17.6 Å². The summed E-state index contributed by atoms with van der Waals surface area (Å²) in [7, 11) is 0. The molecule has 0 saturated carbocycles. The van der Waals surface area contributed by atoms with Crippen molar-refractivity contribution >= 4 is 5.97 Å². The fourth-order valence-electron chi connectivity index (χ4n) is 1.41. The summed E-state index contributed by atoms with van der Waals surface area (Å²) in [6.45, 7) is 1.44. The van der Waals surface area contributed by atoms with Gasteiger partial charge >= 0.3 is 5.97 Å². The number of aromatic nitrogens is 2. The third-order valence-electron chi connectivity index (χ3n) is 2.36. The second-order valence-corrected chi connectivity index (χ2v) is 3.53. The number of benzene rings is 1. The summed E-state index contributed by atoms with van der Waals surface area (Å²) in [5.74, 6) is -3.20. The van der Waals surface area contributed by atoms with E-state index in [4.69, 9.17) is 5.11 Å². The number of hydrogen-bond acceptors (Lipinski definition) is 2. The second-order valence-electron chi connectivity index (χ2n) is 3.53. The summed E-state index contributed by atoms with van der Waals surface area (Å²) < 4.78 is 26.9. The van der Waals surface area contributed by atoms with Gasteiger partial charge in [0.05, 0.1) is 5.69 Å². The molecule has 2 aromatic rings. The number of H-pyrrole nitrogens is 1. The van der Waals surface area contributed by atoms with Gasteiger partial charge in [0.15, 0.2) is 11.6 Å². The predicted molar refractivity (Wildman–Crippen MR) is 55.6 cm³/mol. The average Bonchev–Trinajstić information content (AvgIpc) is 2.75. The number of carboxylic acids is 1. The van der Waals surface area contributed by atoms with Crippen molar-refractivity contribution in [2.45, 2.75) is 6.92 Å². The highest BCUT2D eigenvalue weighted by molar-refractivity contribution is 5.86. The minimum Gasteiger partial charge on any atom is -0.477 e. The summed E-state index contributed by atoms with van der Waals surface area (Å²) in [6, 6.07) is 3.91. The molecule has 2 N–H and O–H groups in total. The zero-order chi connectivity index (χ0) is 12.6. The highest BCUT2D eigenvalue weighted by Crippen LogP contribution is 2.25. The number of halogens is 2. The van der Waals surface area contributed by atoms with Crippen LogP contribution in [0.2, 0.25) is 0 Å². The van der Waals surface area contributed by atoms with Crippen molar-refractivity contribution in [3.8, 4) is 11.3 Å². The quantitative estimate of drug-likeness (QED) is 0.844. The molecule has 0 radical (unpaired) electrons. The molecular weight excluding hydrogens is 230 g/mol. The molecule has 0 unspecified atom stereocenters. The van der Waals surface area contributed by atoms with Crippen molar-refractivity contribution in [3.05, 3.63) is 41.1 Å². The van der Waals surface area contributed by atoms with Crippen molar-refractivity contribution in [1.29, 1.82) is 0 Å². The van der Waals surface area contributed by atoms with Crippen LogP contribution >= 0.6 is 0 Å². The molecule has 0 amide bonds. The van der Waals surface area contributed by atoms with Gasteiger partial charge in [-0.15, -0.1) is 0 Å². The van der Waals surface area contributed by atoms with E-state index in [1.54, 1.807) is 0 Å². The SMILES string of the molecule is Cc1ccc(-c2cc(C(=O)O)[nH]n2)c(F)c1F. The third-order valence-corrected chi connectivity index (χ3v) is 2.36. The highest BCUT2D eigenvalue weighted by atomic mass is 19.2. The van der Waals surface area contributed by atoms with Gasteiger partial charge in [0.2, 0.25) is 0 Å². The molecule has 0 aliphatic heterocycles. The molecule has 6 heteroatoms. The van der Waals surface area contributed by atoms with Crippen molar-refractivity contribution < 1.29 is 18.7 Å². The number of aromatic amines is 1. The van der Waals surface area contributed by atoms with E-state index in [2.05, 4.69) is 10.2 Å². The van der Waals surface area contributed by atoms with Gasteiger partial charge in [-0.3, -0.25) is 5.10 Å². The molecule has 0 bridgehead atoms. The van der Waals surface area contributed by atoms with Crippen LogP contribution in [0.25, 0.3) is 11.3 Å². The first-order valence-electron chi connectivity index (χ1n) is 4.74. The largest absolute Gasteiger partial charge is 0.477 e. The van der Waals surface area contributed by atoms with E-state index in [0.29, 0.717) is 0 Å². The van der Waals surface area contributed by atoms with Crippen LogP contribution in [-0.4, -0.2) is 21.3 Å². The molecule has 1 aromatic carbocycles. The molecule has 1 aromatic heterocycles. The van der Waals surface area contributed by atoms with Crippen LogP contribution in [0.5, 0.6) is 0 Å². The molecule has 17 heavy (non-hydrogen) atoms. The van der Waals surface area contributed by atoms with Crippen LogP contribution in [0, 0.1) is 18.6 Å². The monoisotopic (exact) mass is 238 g/mol. The fourth-order valence-corrected chi connectivity index (χ4v) is 1.41. The number of nitrogens with one attached hydrogen (secondary N) is 1. The zero-order valence-electron chi connectivity index (χ0n) is 8.79. The number of rotatable bonds is 2.